The van der Waals surface area contributed by atoms with E-state index in [1.807, 2.05) is 43.3 Å². The van der Waals surface area contributed by atoms with Crippen LogP contribution in [0, 0.1) is 6.92 Å². The van der Waals surface area contributed by atoms with Gasteiger partial charge in [-0.25, -0.2) is 0 Å². The summed E-state index contributed by atoms with van der Waals surface area (Å²) >= 11 is 0. The molecule has 0 bridgehead atoms. The molecule has 1 fully saturated rings. The number of likely N-dealkylation sites (N-methyl/N-ethyl adjacent to an activating group) is 1. The first-order valence-electron chi connectivity index (χ1n) is 7.87. The second kappa shape index (κ2) is 4.83. The number of hydrogen-bond acceptors (Lipinski definition) is 3. The molecule has 0 saturated carbocycles. The van der Waals surface area contributed by atoms with E-state index in [1.54, 1.807) is 0 Å². The largest absolute Gasteiger partial charge is 0.456 e. The first kappa shape index (κ1) is 13.8. The van der Waals surface area contributed by atoms with Crippen molar-refractivity contribution in [1.82, 2.24) is 4.90 Å². The number of likely N-dealkylation sites (tertiary alicyclic amines) is 1. The Balaban J connectivity index is 2.00. The molecule has 0 aromatic heterocycles. The molecule has 4 rings (SSSR count). The first-order chi connectivity index (χ1) is 10.6. The van der Waals surface area contributed by atoms with Crippen LogP contribution in [0.3, 0.4) is 0 Å². The summed E-state index contributed by atoms with van der Waals surface area (Å²) in [6.45, 7) is 3.77. The second-order valence-electron chi connectivity index (χ2n) is 6.58. The van der Waals surface area contributed by atoms with E-state index >= 15 is 0 Å². The van der Waals surface area contributed by atoms with Crippen LogP contribution in [0.2, 0.25) is 0 Å². The van der Waals surface area contributed by atoms with Gasteiger partial charge in [0.2, 0.25) is 0 Å². The fourth-order valence-corrected chi connectivity index (χ4v) is 3.87. The van der Waals surface area contributed by atoms with Gasteiger partial charge in [0.15, 0.2) is 0 Å². The molecule has 0 spiro atoms. The number of aryl methyl sites for hydroxylation is 1. The highest BCUT2D eigenvalue weighted by atomic mass is 16.5. The van der Waals surface area contributed by atoms with Crippen LogP contribution in [0.4, 0.5) is 0 Å². The molecule has 1 N–H and O–H groups in total. The summed E-state index contributed by atoms with van der Waals surface area (Å²) in [6, 6.07) is 14.2. The van der Waals surface area contributed by atoms with Crippen molar-refractivity contribution < 1.29 is 9.84 Å². The molecule has 114 valence electrons. The number of benzene rings is 2. The maximum atomic E-state index is 11.6. The van der Waals surface area contributed by atoms with Crippen LogP contribution in [0.25, 0.3) is 0 Å². The van der Waals surface area contributed by atoms with Gasteiger partial charge in [-0.3, -0.25) is 0 Å². The number of para-hydroxylation sites is 2. The van der Waals surface area contributed by atoms with E-state index in [0.29, 0.717) is 0 Å². The molecular weight excluding hydrogens is 274 g/mol. The number of rotatable bonds is 0. The Bertz CT molecular complexity index is 727. The summed E-state index contributed by atoms with van der Waals surface area (Å²) in [5.74, 6) is 1.73. The minimum Gasteiger partial charge on any atom is -0.456 e. The van der Waals surface area contributed by atoms with Gasteiger partial charge < -0.3 is 14.7 Å². The summed E-state index contributed by atoms with van der Waals surface area (Å²) in [5, 5.41) is 11.6. The van der Waals surface area contributed by atoms with Crippen molar-refractivity contribution in [3.8, 4) is 11.5 Å². The predicted molar refractivity (Wildman–Crippen MR) is 86.4 cm³/mol. The second-order valence-corrected chi connectivity index (χ2v) is 6.58. The van der Waals surface area contributed by atoms with Gasteiger partial charge in [-0.05, 0) is 32.0 Å². The molecule has 2 aromatic rings. The van der Waals surface area contributed by atoms with E-state index in [1.165, 1.54) is 0 Å². The lowest BCUT2D eigenvalue weighted by Gasteiger charge is -2.43. The monoisotopic (exact) mass is 295 g/mol. The zero-order chi connectivity index (χ0) is 15.3. The van der Waals surface area contributed by atoms with Gasteiger partial charge in [0.05, 0.1) is 0 Å². The third kappa shape index (κ3) is 1.89. The molecule has 2 aliphatic rings. The Morgan fingerprint density at radius 2 is 2.00 bits per heavy atom. The van der Waals surface area contributed by atoms with E-state index in [0.717, 1.165) is 47.7 Å². The lowest BCUT2D eigenvalue weighted by Crippen LogP contribution is -2.46. The molecule has 0 amide bonds. The highest BCUT2D eigenvalue weighted by Crippen LogP contribution is 2.52. The van der Waals surface area contributed by atoms with Crippen LogP contribution in [-0.4, -0.2) is 30.1 Å². The average Bonchev–Trinajstić information content (AvgIpc) is 2.62. The van der Waals surface area contributed by atoms with Crippen molar-refractivity contribution in [2.24, 2.45) is 0 Å². The predicted octanol–water partition coefficient (Wildman–Crippen LogP) is 3.41. The van der Waals surface area contributed by atoms with Gasteiger partial charge >= 0.3 is 0 Å². The van der Waals surface area contributed by atoms with Crippen LogP contribution in [-0.2, 0) is 5.60 Å². The Hall–Kier alpha value is -1.84. The molecule has 2 atom stereocenters. The molecule has 22 heavy (non-hydrogen) atoms. The van der Waals surface area contributed by atoms with E-state index in [4.69, 9.17) is 4.74 Å². The van der Waals surface area contributed by atoms with E-state index in [9.17, 15) is 5.11 Å². The van der Waals surface area contributed by atoms with Gasteiger partial charge in [0, 0.05) is 30.1 Å². The normalized spacial score (nSPS) is 27.1. The molecule has 3 heteroatoms. The maximum absolute atomic E-state index is 11.6. The van der Waals surface area contributed by atoms with Crippen molar-refractivity contribution in [2.45, 2.75) is 24.9 Å². The Kier molecular flexibility index (Phi) is 3.03. The van der Waals surface area contributed by atoms with Gasteiger partial charge in [-0.2, -0.15) is 0 Å². The van der Waals surface area contributed by atoms with E-state index in [-0.39, 0.29) is 5.92 Å². The Labute approximate surface area is 131 Å². The summed E-state index contributed by atoms with van der Waals surface area (Å²) in [7, 11) is 2.12. The number of fused-ring (bicyclic) bond motifs is 5. The Morgan fingerprint density at radius 3 is 2.86 bits per heavy atom. The van der Waals surface area contributed by atoms with Crippen LogP contribution in [0.5, 0.6) is 11.5 Å². The summed E-state index contributed by atoms with van der Waals surface area (Å²) in [4.78, 5) is 2.29. The van der Waals surface area contributed by atoms with Crippen molar-refractivity contribution in [3.63, 3.8) is 0 Å². The minimum atomic E-state index is -0.861. The fraction of sp³-hybridized carbons (Fsp3) is 0.368. The maximum Gasteiger partial charge on any atom is 0.136 e. The molecule has 0 radical (unpaired) electrons. The van der Waals surface area contributed by atoms with Crippen molar-refractivity contribution >= 4 is 0 Å². The lowest BCUT2D eigenvalue weighted by molar-refractivity contribution is -0.0411. The van der Waals surface area contributed by atoms with Crippen molar-refractivity contribution in [3.05, 3.63) is 59.2 Å². The van der Waals surface area contributed by atoms with E-state index < -0.39 is 5.60 Å². The number of piperidine rings is 1. The third-order valence-electron chi connectivity index (χ3n) is 5.13. The third-order valence-corrected chi connectivity index (χ3v) is 5.13. The van der Waals surface area contributed by atoms with Crippen molar-refractivity contribution in [1.29, 1.82) is 0 Å². The summed E-state index contributed by atoms with van der Waals surface area (Å²) in [5.41, 5.74) is 2.25. The molecule has 0 aliphatic carbocycles. The highest BCUT2D eigenvalue weighted by molar-refractivity contribution is 5.54. The topological polar surface area (TPSA) is 32.7 Å². The van der Waals surface area contributed by atoms with Crippen LogP contribution < -0.4 is 4.74 Å². The lowest BCUT2D eigenvalue weighted by atomic mass is 9.72. The number of aliphatic hydroxyl groups is 1. The quantitative estimate of drug-likeness (QED) is 0.808. The summed E-state index contributed by atoms with van der Waals surface area (Å²) in [6.07, 6.45) is 0.725. The zero-order valence-corrected chi connectivity index (χ0v) is 13.0. The fourth-order valence-electron chi connectivity index (χ4n) is 3.87. The van der Waals surface area contributed by atoms with Gasteiger partial charge in [0.25, 0.3) is 0 Å². The molecule has 2 heterocycles. The molecule has 2 aromatic carbocycles. The average molecular weight is 295 g/mol. The van der Waals surface area contributed by atoms with Crippen LogP contribution in [0.1, 0.15) is 29.0 Å². The van der Waals surface area contributed by atoms with Crippen LogP contribution in [0.15, 0.2) is 42.5 Å². The zero-order valence-electron chi connectivity index (χ0n) is 13.0. The highest BCUT2D eigenvalue weighted by Gasteiger charge is 2.47. The molecule has 2 aliphatic heterocycles. The Morgan fingerprint density at radius 1 is 1.18 bits per heavy atom. The van der Waals surface area contributed by atoms with Crippen molar-refractivity contribution in [2.75, 3.05) is 20.1 Å². The molecule has 0 unspecified atom stereocenters. The SMILES string of the molecule is Cc1cccc2c1Oc1ccccc1[C@@H]1CN(C)CC[C@]21O. The smallest absolute Gasteiger partial charge is 0.136 e. The number of nitrogens with zero attached hydrogens (tertiary/aromatic N) is 1. The number of ether oxygens (including phenoxy) is 1. The molecule has 3 nitrogen and oxygen atoms in total. The standard InChI is InChI=1S/C19H21NO2/c1-13-6-5-8-15-18(13)22-17-9-4-3-7-14(17)16-12-20(2)11-10-19(15,16)21/h3-9,16,21H,10-12H2,1-2H3/t16-,19-/m0/s1. The minimum absolute atomic E-state index is 0.0329. The molecule has 1 saturated heterocycles. The van der Waals surface area contributed by atoms with Gasteiger partial charge in [-0.15, -0.1) is 0 Å². The van der Waals surface area contributed by atoms with E-state index in [2.05, 4.69) is 18.0 Å². The first-order valence-corrected chi connectivity index (χ1v) is 7.87. The number of hydrogen-bond donors (Lipinski definition) is 1. The molecular formula is C19H21NO2. The van der Waals surface area contributed by atoms with Gasteiger partial charge in [-0.1, -0.05) is 36.4 Å². The summed E-state index contributed by atoms with van der Waals surface area (Å²) < 4.78 is 6.25. The van der Waals surface area contributed by atoms with Crippen LogP contribution >= 0.6 is 0 Å². The van der Waals surface area contributed by atoms with Gasteiger partial charge in [0.1, 0.15) is 17.1 Å².